The number of para-hydroxylation sites is 1. The number of benzene rings is 2. The van der Waals surface area contributed by atoms with Crippen LogP contribution in [-0.4, -0.2) is 22.4 Å². The number of rotatable bonds is 4. The summed E-state index contributed by atoms with van der Waals surface area (Å²) in [5.41, 5.74) is 3.64. The topological polar surface area (TPSA) is 85.8 Å². The molecule has 0 radical (unpaired) electrons. The fraction of sp³-hybridized carbons (Fsp3) is 0.0800. The van der Waals surface area contributed by atoms with Crippen molar-refractivity contribution in [1.29, 1.82) is 0 Å². The molecule has 7 nitrogen and oxygen atoms in total. The second-order valence-electron chi connectivity index (χ2n) is 7.46. The highest BCUT2D eigenvalue weighted by molar-refractivity contribution is 6.05. The van der Waals surface area contributed by atoms with Gasteiger partial charge in [0.2, 0.25) is 0 Å². The van der Waals surface area contributed by atoms with Gasteiger partial charge in [-0.1, -0.05) is 24.3 Å². The Bertz CT molecular complexity index is 1550. The first-order valence-electron chi connectivity index (χ1n) is 10.00. The van der Waals surface area contributed by atoms with E-state index < -0.39 is 11.5 Å². The van der Waals surface area contributed by atoms with Crippen molar-refractivity contribution in [3.8, 4) is 17.0 Å². The van der Waals surface area contributed by atoms with Crippen molar-refractivity contribution in [2.24, 2.45) is 0 Å². The van der Waals surface area contributed by atoms with E-state index in [4.69, 9.17) is 9.15 Å². The number of pyridine rings is 1. The van der Waals surface area contributed by atoms with Crippen molar-refractivity contribution >= 4 is 28.2 Å². The Balaban J connectivity index is 1.46. The van der Waals surface area contributed by atoms with E-state index in [9.17, 15) is 9.59 Å². The Hall–Kier alpha value is -4.39. The van der Waals surface area contributed by atoms with Crippen molar-refractivity contribution in [3.05, 3.63) is 94.6 Å². The van der Waals surface area contributed by atoms with E-state index in [0.29, 0.717) is 22.4 Å². The van der Waals surface area contributed by atoms with E-state index >= 15 is 0 Å². The quantitative estimate of drug-likeness (QED) is 0.423. The molecule has 158 valence electrons. The maximum absolute atomic E-state index is 12.8. The van der Waals surface area contributed by atoms with E-state index in [-0.39, 0.29) is 5.56 Å². The van der Waals surface area contributed by atoms with Crippen molar-refractivity contribution in [2.75, 3.05) is 12.4 Å². The van der Waals surface area contributed by atoms with Gasteiger partial charge < -0.3 is 18.9 Å². The standard InChI is InChI=1S/C25H19N3O4/c1-15-9-10-28-14-20(27-22(28)11-15)16-5-3-7-18(12-16)26-24(29)19-13-17-6-4-8-21(31-2)23(17)32-25(19)30/h3-14H,1-2H3,(H,26,29). The number of carbonyl (C=O) groups is 1. The van der Waals surface area contributed by atoms with E-state index in [1.165, 1.54) is 13.2 Å². The number of hydrogen-bond donors (Lipinski definition) is 1. The summed E-state index contributed by atoms with van der Waals surface area (Å²) >= 11 is 0. The lowest BCUT2D eigenvalue weighted by molar-refractivity contribution is 0.102. The zero-order chi connectivity index (χ0) is 22.2. The molecule has 2 aromatic carbocycles. The molecule has 0 aliphatic heterocycles. The monoisotopic (exact) mass is 425 g/mol. The van der Waals surface area contributed by atoms with Crippen molar-refractivity contribution in [3.63, 3.8) is 0 Å². The lowest BCUT2D eigenvalue weighted by atomic mass is 10.1. The first-order chi connectivity index (χ1) is 15.5. The minimum atomic E-state index is -0.730. The summed E-state index contributed by atoms with van der Waals surface area (Å²) in [6.45, 7) is 2.02. The number of hydrogen-bond acceptors (Lipinski definition) is 5. The van der Waals surface area contributed by atoms with Crippen LogP contribution >= 0.6 is 0 Å². The Labute approximate surface area is 182 Å². The highest BCUT2D eigenvalue weighted by Gasteiger charge is 2.16. The molecule has 0 bridgehead atoms. The van der Waals surface area contributed by atoms with Gasteiger partial charge in [-0.3, -0.25) is 4.79 Å². The number of aromatic nitrogens is 2. The Morgan fingerprint density at radius 2 is 1.94 bits per heavy atom. The third kappa shape index (κ3) is 3.50. The summed E-state index contributed by atoms with van der Waals surface area (Å²) in [6.07, 6.45) is 3.89. The molecule has 0 fully saturated rings. The van der Waals surface area contributed by atoms with Crippen LogP contribution in [0.3, 0.4) is 0 Å². The number of methoxy groups -OCH3 is 1. The average Bonchev–Trinajstić information content (AvgIpc) is 3.21. The van der Waals surface area contributed by atoms with Crippen LogP contribution in [0.25, 0.3) is 27.9 Å². The predicted molar refractivity (Wildman–Crippen MR) is 122 cm³/mol. The first-order valence-corrected chi connectivity index (χ1v) is 10.00. The van der Waals surface area contributed by atoms with Gasteiger partial charge in [0, 0.05) is 29.0 Å². The minimum absolute atomic E-state index is 0.0839. The van der Waals surface area contributed by atoms with E-state index in [2.05, 4.69) is 10.3 Å². The highest BCUT2D eigenvalue weighted by Crippen LogP contribution is 2.26. The van der Waals surface area contributed by atoms with Crippen LogP contribution in [0.15, 0.2) is 82.3 Å². The Morgan fingerprint density at radius 3 is 2.78 bits per heavy atom. The van der Waals surface area contributed by atoms with Gasteiger partial charge in [-0.15, -0.1) is 0 Å². The Kier molecular flexibility index (Phi) is 4.71. The van der Waals surface area contributed by atoms with Crippen LogP contribution < -0.4 is 15.7 Å². The van der Waals surface area contributed by atoms with Crippen molar-refractivity contribution < 1.29 is 13.9 Å². The number of aryl methyl sites for hydroxylation is 1. The summed E-state index contributed by atoms with van der Waals surface area (Å²) in [5.74, 6) is -0.117. The second kappa shape index (κ2) is 7.70. The van der Waals surface area contributed by atoms with Gasteiger partial charge in [-0.05, 0) is 48.9 Å². The number of carbonyl (C=O) groups excluding carboxylic acids is 1. The lowest BCUT2D eigenvalue weighted by Gasteiger charge is -2.08. The average molecular weight is 425 g/mol. The molecular weight excluding hydrogens is 406 g/mol. The molecule has 0 atom stereocenters. The summed E-state index contributed by atoms with van der Waals surface area (Å²) in [6, 6.07) is 18.1. The number of fused-ring (bicyclic) bond motifs is 2. The molecule has 3 heterocycles. The molecule has 0 aliphatic carbocycles. The molecule has 32 heavy (non-hydrogen) atoms. The predicted octanol–water partition coefficient (Wildman–Crippen LogP) is 4.68. The molecule has 5 rings (SSSR count). The molecule has 0 saturated carbocycles. The van der Waals surface area contributed by atoms with Gasteiger partial charge in [0.05, 0.1) is 12.8 Å². The molecule has 7 heteroatoms. The maximum atomic E-state index is 12.8. The van der Waals surface area contributed by atoms with Crippen LogP contribution in [0.5, 0.6) is 5.75 Å². The number of nitrogens with one attached hydrogen (secondary N) is 1. The summed E-state index contributed by atoms with van der Waals surface area (Å²) in [7, 11) is 1.49. The molecule has 0 saturated heterocycles. The number of ether oxygens (including phenoxy) is 1. The van der Waals surface area contributed by atoms with Gasteiger partial charge in [0.15, 0.2) is 11.3 Å². The van der Waals surface area contributed by atoms with Crippen LogP contribution in [0, 0.1) is 6.92 Å². The third-order valence-corrected chi connectivity index (χ3v) is 5.22. The van der Waals surface area contributed by atoms with E-state index in [1.54, 1.807) is 24.3 Å². The summed E-state index contributed by atoms with van der Waals surface area (Å²) in [4.78, 5) is 29.9. The summed E-state index contributed by atoms with van der Waals surface area (Å²) in [5, 5.41) is 3.38. The van der Waals surface area contributed by atoms with Crippen LogP contribution in [0.1, 0.15) is 15.9 Å². The largest absolute Gasteiger partial charge is 0.493 e. The summed E-state index contributed by atoms with van der Waals surface area (Å²) < 4.78 is 12.5. The Morgan fingerprint density at radius 1 is 1.09 bits per heavy atom. The van der Waals surface area contributed by atoms with Gasteiger partial charge >= 0.3 is 5.63 Å². The first kappa shape index (κ1) is 19.6. The van der Waals surface area contributed by atoms with Crippen molar-refractivity contribution in [1.82, 2.24) is 9.38 Å². The van der Waals surface area contributed by atoms with Gasteiger partial charge in [-0.25, -0.2) is 9.78 Å². The molecular formula is C25H19N3O4. The van der Waals surface area contributed by atoms with Crippen LogP contribution in [0.2, 0.25) is 0 Å². The SMILES string of the molecule is COc1cccc2cc(C(=O)Nc3cccc(-c4cn5ccc(C)cc5n4)c3)c(=O)oc12. The van der Waals surface area contributed by atoms with Gasteiger partial charge in [-0.2, -0.15) is 0 Å². The maximum Gasteiger partial charge on any atom is 0.349 e. The normalized spacial score (nSPS) is 11.1. The third-order valence-electron chi connectivity index (χ3n) is 5.22. The fourth-order valence-electron chi connectivity index (χ4n) is 3.61. The molecule has 0 unspecified atom stereocenters. The van der Waals surface area contributed by atoms with Gasteiger partial charge in [0.1, 0.15) is 11.2 Å². The van der Waals surface area contributed by atoms with Crippen LogP contribution in [0.4, 0.5) is 5.69 Å². The van der Waals surface area contributed by atoms with Crippen LogP contribution in [-0.2, 0) is 0 Å². The number of nitrogens with zero attached hydrogens (tertiary/aromatic N) is 2. The minimum Gasteiger partial charge on any atom is -0.493 e. The second-order valence-corrected chi connectivity index (χ2v) is 7.46. The molecule has 5 aromatic rings. The fourth-order valence-corrected chi connectivity index (χ4v) is 3.61. The number of anilines is 1. The smallest absolute Gasteiger partial charge is 0.349 e. The number of amides is 1. The zero-order valence-electron chi connectivity index (χ0n) is 17.5. The van der Waals surface area contributed by atoms with Crippen molar-refractivity contribution in [2.45, 2.75) is 6.92 Å². The number of imidazole rings is 1. The van der Waals surface area contributed by atoms with E-state index in [0.717, 1.165) is 22.5 Å². The van der Waals surface area contributed by atoms with E-state index in [1.807, 2.05) is 54.0 Å². The molecule has 3 aromatic heterocycles. The molecule has 0 aliphatic rings. The zero-order valence-corrected chi connectivity index (χ0v) is 17.5. The highest BCUT2D eigenvalue weighted by atomic mass is 16.5. The molecule has 1 N–H and O–H groups in total. The lowest BCUT2D eigenvalue weighted by Crippen LogP contribution is -2.20. The molecule has 0 spiro atoms. The molecule has 1 amide bonds. The van der Waals surface area contributed by atoms with Gasteiger partial charge in [0.25, 0.3) is 5.91 Å².